The lowest BCUT2D eigenvalue weighted by Crippen LogP contribution is -2.36. The predicted octanol–water partition coefficient (Wildman–Crippen LogP) is 4.51. The first kappa shape index (κ1) is 20.0. The number of ether oxygens (including phenoxy) is 1. The van der Waals surface area contributed by atoms with E-state index in [1.54, 1.807) is 25.3 Å². The number of fused-ring (bicyclic) bond motifs is 2. The number of benzene rings is 3. The van der Waals surface area contributed by atoms with Gasteiger partial charge in [0, 0.05) is 11.6 Å². The topological polar surface area (TPSA) is 61.8 Å². The molecule has 30 heavy (non-hydrogen) atoms. The number of carbonyl (C=O) groups is 1. The summed E-state index contributed by atoms with van der Waals surface area (Å²) < 4.78 is 5.26. The predicted molar refractivity (Wildman–Crippen MR) is 119 cm³/mol. The second-order valence-electron chi connectivity index (χ2n) is 7.51. The van der Waals surface area contributed by atoms with Crippen molar-refractivity contribution in [3.05, 3.63) is 83.4 Å². The van der Waals surface area contributed by atoms with E-state index in [0.717, 1.165) is 24.2 Å². The SMILES string of the molecule is COc1ccc(O)c(C(C)NCC(=O)N2c3ccccc3CCc3ccccc32)c1. The van der Waals surface area contributed by atoms with Gasteiger partial charge in [-0.2, -0.15) is 0 Å². The van der Waals surface area contributed by atoms with Crippen molar-refractivity contribution < 1.29 is 14.6 Å². The van der Waals surface area contributed by atoms with E-state index in [2.05, 4.69) is 17.4 Å². The van der Waals surface area contributed by atoms with Crippen LogP contribution in [0.3, 0.4) is 0 Å². The fraction of sp³-hybridized carbons (Fsp3) is 0.240. The number of methoxy groups -OCH3 is 1. The maximum atomic E-state index is 13.4. The molecule has 0 aliphatic carbocycles. The second-order valence-corrected chi connectivity index (χ2v) is 7.51. The summed E-state index contributed by atoms with van der Waals surface area (Å²) in [5.74, 6) is 0.804. The van der Waals surface area contributed by atoms with Gasteiger partial charge in [0.15, 0.2) is 0 Å². The van der Waals surface area contributed by atoms with Gasteiger partial charge in [0.05, 0.1) is 25.0 Å². The van der Waals surface area contributed by atoms with Gasteiger partial charge in [0.25, 0.3) is 0 Å². The summed E-state index contributed by atoms with van der Waals surface area (Å²) in [6.07, 6.45) is 1.80. The van der Waals surface area contributed by atoms with Crippen LogP contribution < -0.4 is 15.0 Å². The lowest BCUT2D eigenvalue weighted by molar-refractivity contribution is -0.117. The van der Waals surface area contributed by atoms with E-state index < -0.39 is 0 Å². The summed E-state index contributed by atoms with van der Waals surface area (Å²) in [4.78, 5) is 15.2. The first-order valence-corrected chi connectivity index (χ1v) is 10.2. The second kappa shape index (κ2) is 8.59. The van der Waals surface area contributed by atoms with Gasteiger partial charge in [-0.25, -0.2) is 0 Å². The van der Waals surface area contributed by atoms with Crippen LogP contribution in [0.4, 0.5) is 11.4 Å². The number of phenolic OH excluding ortho intramolecular Hbond substituents is 1. The molecule has 0 radical (unpaired) electrons. The Balaban J connectivity index is 1.59. The van der Waals surface area contributed by atoms with Gasteiger partial charge in [0.2, 0.25) is 5.91 Å². The number of amides is 1. The Morgan fingerprint density at radius 1 is 1.03 bits per heavy atom. The Kier molecular flexibility index (Phi) is 5.72. The zero-order valence-corrected chi connectivity index (χ0v) is 17.3. The third kappa shape index (κ3) is 3.89. The minimum atomic E-state index is -0.221. The Morgan fingerprint density at radius 3 is 2.23 bits per heavy atom. The van der Waals surface area contributed by atoms with Gasteiger partial charge in [-0.05, 0) is 61.2 Å². The molecular formula is C25H26N2O3. The van der Waals surface area contributed by atoms with Crippen molar-refractivity contribution in [3.8, 4) is 11.5 Å². The number of rotatable bonds is 5. The van der Waals surface area contributed by atoms with Crippen molar-refractivity contribution in [2.75, 3.05) is 18.6 Å². The van der Waals surface area contributed by atoms with Crippen LogP contribution in [0.15, 0.2) is 66.7 Å². The number of aromatic hydroxyl groups is 1. The van der Waals surface area contributed by atoms with Gasteiger partial charge >= 0.3 is 0 Å². The van der Waals surface area contributed by atoms with Crippen LogP contribution in [0.2, 0.25) is 0 Å². The number of aryl methyl sites for hydroxylation is 2. The van der Waals surface area contributed by atoms with Crippen molar-refractivity contribution in [2.24, 2.45) is 0 Å². The summed E-state index contributed by atoms with van der Waals surface area (Å²) in [5, 5.41) is 13.5. The van der Waals surface area contributed by atoms with Crippen molar-refractivity contribution >= 4 is 17.3 Å². The molecule has 0 saturated carbocycles. The molecule has 5 nitrogen and oxygen atoms in total. The molecule has 1 heterocycles. The van der Waals surface area contributed by atoms with Crippen molar-refractivity contribution in [1.29, 1.82) is 0 Å². The number of carbonyl (C=O) groups excluding carboxylic acids is 1. The molecule has 0 saturated heterocycles. The van der Waals surface area contributed by atoms with Gasteiger partial charge < -0.3 is 15.2 Å². The van der Waals surface area contributed by atoms with Gasteiger partial charge in [0.1, 0.15) is 11.5 Å². The van der Waals surface area contributed by atoms with E-state index in [-0.39, 0.29) is 24.2 Å². The molecule has 2 N–H and O–H groups in total. The summed E-state index contributed by atoms with van der Waals surface area (Å²) >= 11 is 0. The molecule has 1 aliphatic rings. The number of phenols is 1. The van der Waals surface area contributed by atoms with Crippen LogP contribution >= 0.6 is 0 Å². The quantitative estimate of drug-likeness (QED) is 0.659. The fourth-order valence-corrected chi connectivity index (χ4v) is 3.98. The Bertz CT molecular complexity index is 1020. The summed E-state index contributed by atoms with van der Waals surface area (Å²) in [5.41, 5.74) is 4.90. The maximum Gasteiger partial charge on any atom is 0.245 e. The molecule has 0 fully saturated rings. The number of para-hydroxylation sites is 2. The molecule has 1 atom stereocenters. The lowest BCUT2D eigenvalue weighted by atomic mass is 10.0. The van der Waals surface area contributed by atoms with Gasteiger partial charge in [-0.15, -0.1) is 0 Å². The number of hydrogen-bond donors (Lipinski definition) is 2. The lowest BCUT2D eigenvalue weighted by Gasteiger charge is -2.26. The third-order valence-corrected chi connectivity index (χ3v) is 5.64. The van der Waals surface area contributed by atoms with E-state index in [1.165, 1.54) is 11.1 Å². The molecule has 0 spiro atoms. The zero-order chi connectivity index (χ0) is 21.1. The minimum Gasteiger partial charge on any atom is -0.508 e. The van der Waals surface area contributed by atoms with E-state index in [9.17, 15) is 9.90 Å². The number of hydrogen-bond acceptors (Lipinski definition) is 4. The van der Waals surface area contributed by atoms with Gasteiger partial charge in [-0.3, -0.25) is 9.69 Å². The number of anilines is 2. The first-order valence-electron chi connectivity index (χ1n) is 10.2. The highest BCUT2D eigenvalue weighted by atomic mass is 16.5. The van der Waals surface area contributed by atoms with Gasteiger partial charge in [-0.1, -0.05) is 36.4 Å². The summed E-state index contributed by atoms with van der Waals surface area (Å²) in [7, 11) is 1.59. The molecule has 1 aliphatic heterocycles. The Labute approximate surface area is 176 Å². The highest BCUT2D eigenvalue weighted by Gasteiger charge is 2.25. The molecule has 3 aromatic rings. The standard InChI is InChI=1S/C25H26N2O3/c1-17(21-15-20(30-2)13-14-24(21)28)26-16-25(29)27-22-9-5-3-7-18(22)11-12-19-8-4-6-10-23(19)27/h3-10,13-15,17,26,28H,11-12,16H2,1-2H3. The number of nitrogens with one attached hydrogen (secondary N) is 1. The molecule has 0 aromatic heterocycles. The van der Waals surface area contributed by atoms with Crippen LogP contribution in [-0.2, 0) is 17.6 Å². The number of nitrogens with zero attached hydrogens (tertiary/aromatic N) is 1. The fourth-order valence-electron chi connectivity index (χ4n) is 3.98. The van der Waals surface area contributed by atoms with Crippen molar-refractivity contribution in [3.63, 3.8) is 0 Å². The Morgan fingerprint density at radius 2 is 1.63 bits per heavy atom. The van der Waals surface area contributed by atoms with E-state index in [0.29, 0.717) is 11.3 Å². The largest absolute Gasteiger partial charge is 0.508 e. The molecule has 0 bridgehead atoms. The van der Waals surface area contributed by atoms with E-state index in [4.69, 9.17) is 4.74 Å². The van der Waals surface area contributed by atoms with E-state index in [1.807, 2.05) is 48.2 Å². The molecule has 4 rings (SSSR count). The summed E-state index contributed by atoms with van der Waals surface area (Å²) in [6, 6.07) is 21.0. The molecule has 1 unspecified atom stereocenters. The monoisotopic (exact) mass is 402 g/mol. The minimum absolute atomic E-state index is 0.0361. The molecule has 154 valence electrons. The van der Waals surface area contributed by atoms with Crippen molar-refractivity contribution in [1.82, 2.24) is 5.32 Å². The average molecular weight is 402 g/mol. The zero-order valence-electron chi connectivity index (χ0n) is 17.3. The molecule has 1 amide bonds. The van der Waals surface area contributed by atoms with E-state index >= 15 is 0 Å². The normalized spacial score (nSPS) is 13.7. The van der Waals surface area contributed by atoms with Crippen LogP contribution in [-0.4, -0.2) is 24.7 Å². The van der Waals surface area contributed by atoms with Crippen LogP contribution in [0.1, 0.15) is 29.7 Å². The smallest absolute Gasteiger partial charge is 0.245 e. The molecule has 3 aromatic carbocycles. The third-order valence-electron chi connectivity index (χ3n) is 5.64. The highest BCUT2D eigenvalue weighted by Crippen LogP contribution is 2.36. The molecule has 5 heteroatoms. The highest BCUT2D eigenvalue weighted by molar-refractivity contribution is 6.03. The first-order chi connectivity index (χ1) is 14.6. The maximum absolute atomic E-state index is 13.4. The van der Waals surface area contributed by atoms with Crippen molar-refractivity contribution in [2.45, 2.75) is 25.8 Å². The average Bonchev–Trinajstić information content (AvgIpc) is 2.94. The summed E-state index contributed by atoms with van der Waals surface area (Å²) in [6.45, 7) is 2.06. The van der Waals surface area contributed by atoms with Crippen LogP contribution in [0.5, 0.6) is 11.5 Å². The van der Waals surface area contributed by atoms with Crippen LogP contribution in [0.25, 0.3) is 0 Å². The molecular weight excluding hydrogens is 376 g/mol. The Hall–Kier alpha value is -3.31. The van der Waals surface area contributed by atoms with Crippen LogP contribution in [0, 0.1) is 0 Å².